The van der Waals surface area contributed by atoms with Gasteiger partial charge in [-0.05, 0) is 41.7 Å². The van der Waals surface area contributed by atoms with Crippen LogP contribution in [-0.2, 0) is 14.6 Å². The molecule has 1 saturated heterocycles. The van der Waals surface area contributed by atoms with Gasteiger partial charge in [-0.2, -0.15) is 0 Å². The van der Waals surface area contributed by atoms with Gasteiger partial charge in [0.1, 0.15) is 5.70 Å². The highest BCUT2D eigenvalue weighted by atomic mass is 32.2. The predicted octanol–water partition coefficient (Wildman–Crippen LogP) is 2.88. The van der Waals surface area contributed by atoms with Gasteiger partial charge >= 0.3 is 0 Å². The van der Waals surface area contributed by atoms with E-state index in [4.69, 9.17) is 0 Å². The van der Waals surface area contributed by atoms with Gasteiger partial charge in [0.25, 0.3) is 11.8 Å². The Balaban J connectivity index is 1.83. The third kappa shape index (κ3) is 5.79. The summed E-state index contributed by atoms with van der Waals surface area (Å²) in [5.74, 6) is -0.553. The van der Waals surface area contributed by atoms with Crippen molar-refractivity contribution in [2.24, 2.45) is 0 Å². The molecule has 0 spiro atoms. The lowest BCUT2D eigenvalue weighted by atomic mass is 10.0. The number of amides is 2. The van der Waals surface area contributed by atoms with Crippen LogP contribution in [-0.4, -0.2) is 37.8 Å². The van der Waals surface area contributed by atoms with Crippen LogP contribution < -0.4 is 10.6 Å². The normalized spacial score (nSPS) is 18.2. The van der Waals surface area contributed by atoms with Crippen molar-refractivity contribution in [3.05, 3.63) is 77.0 Å². The summed E-state index contributed by atoms with van der Waals surface area (Å²) in [4.78, 5) is 25.5. The molecule has 1 heterocycles. The predicted molar refractivity (Wildman–Crippen MR) is 118 cm³/mol. The van der Waals surface area contributed by atoms with E-state index in [1.165, 1.54) is 5.56 Å². The second-order valence-corrected chi connectivity index (χ2v) is 10.0. The zero-order valence-corrected chi connectivity index (χ0v) is 17.9. The molecule has 3 rings (SSSR count). The van der Waals surface area contributed by atoms with Crippen LogP contribution in [0.1, 0.15) is 47.7 Å². The van der Waals surface area contributed by atoms with Crippen molar-refractivity contribution < 1.29 is 18.0 Å². The zero-order chi connectivity index (χ0) is 21.7. The average molecular weight is 427 g/mol. The Morgan fingerprint density at radius 1 is 1.03 bits per heavy atom. The number of nitrogens with one attached hydrogen (secondary N) is 2. The van der Waals surface area contributed by atoms with Gasteiger partial charge in [0, 0.05) is 11.6 Å². The Kier molecular flexibility index (Phi) is 6.72. The molecule has 0 aromatic heterocycles. The molecule has 158 valence electrons. The second-order valence-electron chi connectivity index (χ2n) is 7.77. The van der Waals surface area contributed by atoms with E-state index in [0.29, 0.717) is 17.9 Å². The molecule has 0 bridgehead atoms. The SMILES string of the molecule is CC(C)c1ccc(/C=C(\NC(=O)c2ccccc2)C(=O)N[C@@H]2CCS(=O)(=O)C2)cc1. The van der Waals surface area contributed by atoms with Crippen LogP contribution in [0.25, 0.3) is 6.08 Å². The Bertz CT molecular complexity index is 1040. The van der Waals surface area contributed by atoms with Crippen LogP contribution in [0, 0.1) is 0 Å². The van der Waals surface area contributed by atoms with E-state index in [2.05, 4.69) is 24.5 Å². The summed E-state index contributed by atoms with van der Waals surface area (Å²) in [6, 6.07) is 15.9. The molecule has 0 radical (unpaired) electrons. The van der Waals surface area contributed by atoms with E-state index in [0.717, 1.165) is 5.56 Å². The zero-order valence-electron chi connectivity index (χ0n) is 17.1. The van der Waals surface area contributed by atoms with E-state index in [9.17, 15) is 18.0 Å². The highest BCUT2D eigenvalue weighted by Crippen LogP contribution is 2.17. The van der Waals surface area contributed by atoms with Crippen LogP contribution in [0.15, 0.2) is 60.3 Å². The fourth-order valence-electron chi connectivity index (χ4n) is 3.26. The summed E-state index contributed by atoms with van der Waals surface area (Å²) in [5.41, 5.74) is 2.43. The summed E-state index contributed by atoms with van der Waals surface area (Å²) < 4.78 is 23.4. The lowest BCUT2D eigenvalue weighted by Gasteiger charge is -2.15. The average Bonchev–Trinajstić information content (AvgIpc) is 3.06. The summed E-state index contributed by atoms with van der Waals surface area (Å²) in [7, 11) is -3.13. The first-order chi connectivity index (χ1) is 14.2. The summed E-state index contributed by atoms with van der Waals surface area (Å²) in [5, 5.41) is 5.41. The van der Waals surface area contributed by atoms with Crippen LogP contribution >= 0.6 is 0 Å². The molecular formula is C23H26N2O4S. The Hall–Kier alpha value is -2.93. The van der Waals surface area contributed by atoms with Gasteiger partial charge in [-0.3, -0.25) is 9.59 Å². The molecule has 0 aliphatic carbocycles. The quantitative estimate of drug-likeness (QED) is 0.695. The van der Waals surface area contributed by atoms with Gasteiger partial charge in [0.15, 0.2) is 9.84 Å². The topological polar surface area (TPSA) is 92.3 Å². The van der Waals surface area contributed by atoms with Crippen LogP contribution in [0.4, 0.5) is 0 Å². The van der Waals surface area contributed by atoms with E-state index in [1.54, 1.807) is 36.4 Å². The van der Waals surface area contributed by atoms with Gasteiger partial charge in [-0.25, -0.2) is 8.42 Å². The molecule has 1 aliphatic heterocycles. The van der Waals surface area contributed by atoms with Crippen molar-refractivity contribution in [1.82, 2.24) is 10.6 Å². The molecule has 0 saturated carbocycles. The summed E-state index contributed by atoms with van der Waals surface area (Å²) in [6.45, 7) is 4.19. The lowest BCUT2D eigenvalue weighted by Crippen LogP contribution is -2.41. The van der Waals surface area contributed by atoms with Crippen molar-refractivity contribution >= 4 is 27.7 Å². The van der Waals surface area contributed by atoms with Gasteiger partial charge < -0.3 is 10.6 Å². The van der Waals surface area contributed by atoms with Crippen molar-refractivity contribution in [3.8, 4) is 0 Å². The highest BCUT2D eigenvalue weighted by Gasteiger charge is 2.30. The van der Waals surface area contributed by atoms with Crippen molar-refractivity contribution in [3.63, 3.8) is 0 Å². The summed E-state index contributed by atoms with van der Waals surface area (Å²) >= 11 is 0. The third-order valence-electron chi connectivity index (χ3n) is 5.01. The molecule has 2 aromatic carbocycles. The fraction of sp³-hybridized carbons (Fsp3) is 0.304. The number of sulfone groups is 1. The minimum atomic E-state index is -3.13. The molecule has 7 heteroatoms. The Morgan fingerprint density at radius 2 is 1.70 bits per heavy atom. The largest absolute Gasteiger partial charge is 0.347 e. The number of carbonyl (C=O) groups is 2. The number of benzene rings is 2. The van der Waals surface area contributed by atoms with Gasteiger partial charge in [0.2, 0.25) is 0 Å². The minimum Gasteiger partial charge on any atom is -0.347 e. The first kappa shape index (κ1) is 21.8. The van der Waals surface area contributed by atoms with E-state index in [-0.39, 0.29) is 17.2 Å². The van der Waals surface area contributed by atoms with Crippen molar-refractivity contribution in [1.29, 1.82) is 0 Å². The maximum absolute atomic E-state index is 12.9. The van der Waals surface area contributed by atoms with Crippen LogP contribution in [0.3, 0.4) is 0 Å². The minimum absolute atomic E-state index is 0.0596. The third-order valence-corrected chi connectivity index (χ3v) is 6.78. The van der Waals surface area contributed by atoms with Crippen LogP contribution in [0.2, 0.25) is 0 Å². The standard InChI is InChI=1S/C23H26N2O4S/c1-16(2)18-10-8-17(9-11-18)14-21(25-22(26)19-6-4-3-5-7-19)23(27)24-20-12-13-30(28,29)15-20/h3-11,14,16,20H,12-13,15H2,1-2H3,(H,24,27)(H,25,26)/b21-14-/t20-/m1/s1. The molecular weight excluding hydrogens is 400 g/mol. The number of hydrogen-bond donors (Lipinski definition) is 2. The van der Waals surface area contributed by atoms with Crippen molar-refractivity contribution in [2.75, 3.05) is 11.5 Å². The van der Waals surface area contributed by atoms with Crippen LogP contribution in [0.5, 0.6) is 0 Å². The molecule has 2 aromatic rings. The van der Waals surface area contributed by atoms with Gasteiger partial charge in [0.05, 0.1) is 11.5 Å². The fourth-order valence-corrected chi connectivity index (χ4v) is 4.93. The van der Waals surface area contributed by atoms with E-state index < -0.39 is 27.7 Å². The molecule has 6 nitrogen and oxygen atoms in total. The number of rotatable bonds is 6. The van der Waals surface area contributed by atoms with Gasteiger partial charge in [-0.1, -0.05) is 56.3 Å². The molecule has 1 atom stereocenters. The smallest absolute Gasteiger partial charge is 0.268 e. The maximum atomic E-state index is 12.9. The monoisotopic (exact) mass is 426 g/mol. The van der Waals surface area contributed by atoms with Gasteiger partial charge in [-0.15, -0.1) is 0 Å². The first-order valence-corrected chi connectivity index (χ1v) is 11.7. The van der Waals surface area contributed by atoms with E-state index >= 15 is 0 Å². The molecule has 2 amide bonds. The maximum Gasteiger partial charge on any atom is 0.268 e. The van der Waals surface area contributed by atoms with E-state index in [1.807, 2.05) is 24.3 Å². The van der Waals surface area contributed by atoms with Crippen molar-refractivity contribution in [2.45, 2.75) is 32.2 Å². The molecule has 2 N–H and O–H groups in total. The first-order valence-electron chi connectivity index (χ1n) is 9.93. The lowest BCUT2D eigenvalue weighted by molar-refractivity contribution is -0.118. The molecule has 0 unspecified atom stereocenters. The second kappa shape index (κ2) is 9.26. The Morgan fingerprint density at radius 3 is 2.27 bits per heavy atom. The highest BCUT2D eigenvalue weighted by molar-refractivity contribution is 7.91. The molecule has 1 aliphatic rings. The number of carbonyl (C=O) groups excluding carboxylic acids is 2. The number of hydrogen-bond acceptors (Lipinski definition) is 4. The molecule has 1 fully saturated rings. The summed E-state index contributed by atoms with van der Waals surface area (Å²) in [6.07, 6.45) is 1.97. The molecule has 30 heavy (non-hydrogen) atoms. The Labute approximate surface area is 177 Å².